The van der Waals surface area contributed by atoms with E-state index in [2.05, 4.69) is 22.3 Å². The number of ether oxygens (including phenoxy) is 2. The van der Waals surface area contributed by atoms with E-state index in [4.69, 9.17) is 9.47 Å². The molecule has 1 fully saturated rings. The molecular weight excluding hydrogens is 252 g/mol. The molecule has 112 valence electrons. The molecule has 0 radical (unpaired) electrons. The van der Waals surface area contributed by atoms with Crippen molar-refractivity contribution in [2.24, 2.45) is 5.92 Å². The summed E-state index contributed by atoms with van der Waals surface area (Å²) in [5, 5.41) is 3.47. The third kappa shape index (κ3) is 5.39. The summed E-state index contributed by atoms with van der Waals surface area (Å²) in [5.74, 6) is 1.57. The molecule has 1 aromatic carbocycles. The van der Waals surface area contributed by atoms with Gasteiger partial charge in [0, 0.05) is 25.4 Å². The quantitative estimate of drug-likeness (QED) is 0.831. The number of hydrogen-bond donors (Lipinski definition) is 1. The molecule has 20 heavy (non-hydrogen) atoms. The summed E-state index contributed by atoms with van der Waals surface area (Å²) in [4.78, 5) is 2.11. The minimum Gasteiger partial charge on any atom is -0.492 e. The monoisotopic (exact) mass is 278 g/mol. The third-order valence-electron chi connectivity index (χ3n) is 3.51. The minimum atomic E-state index is 0.639. The second-order valence-corrected chi connectivity index (χ2v) is 5.64. The SMILES string of the molecule is CN(C)CCOc1ccc(NCC2CCCOC2)cc1. The summed E-state index contributed by atoms with van der Waals surface area (Å²) >= 11 is 0. The van der Waals surface area contributed by atoms with Crippen LogP contribution in [0.3, 0.4) is 0 Å². The van der Waals surface area contributed by atoms with Crippen molar-refractivity contribution in [3.63, 3.8) is 0 Å². The second-order valence-electron chi connectivity index (χ2n) is 5.64. The van der Waals surface area contributed by atoms with Gasteiger partial charge in [0.15, 0.2) is 0 Å². The largest absolute Gasteiger partial charge is 0.492 e. The van der Waals surface area contributed by atoms with Gasteiger partial charge in [0.25, 0.3) is 0 Å². The van der Waals surface area contributed by atoms with Crippen molar-refractivity contribution >= 4 is 5.69 Å². The average molecular weight is 278 g/mol. The molecule has 0 aliphatic carbocycles. The van der Waals surface area contributed by atoms with Gasteiger partial charge in [-0.3, -0.25) is 0 Å². The Balaban J connectivity index is 1.70. The number of benzene rings is 1. The minimum absolute atomic E-state index is 0.639. The molecule has 0 bridgehead atoms. The number of anilines is 1. The zero-order valence-corrected chi connectivity index (χ0v) is 12.6. The summed E-state index contributed by atoms with van der Waals surface area (Å²) in [5.41, 5.74) is 1.15. The molecule has 1 atom stereocenters. The number of hydrogen-bond acceptors (Lipinski definition) is 4. The van der Waals surface area contributed by atoms with Crippen molar-refractivity contribution in [1.29, 1.82) is 0 Å². The van der Waals surface area contributed by atoms with Gasteiger partial charge >= 0.3 is 0 Å². The van der Waals surface area contributed by atoms with Crippen LogP contribution in [0.5, 0.6) is 5.75 Å². The van der Waals surface area contributed by atoms with E-state index >= 15 is 0 Å². The van der Waals surface area contributed by atoms with Crippen LogP contribution in [0, 0.1) is 5.92 Å². The van der Waals surface area contributed by atoms with E-state index in [-0.39, 0.29) is 0 Å². The summed E-state index contributed by atoms with van der Waals surface area (Å²) in [6, 6.07) is 8.20. The summed E-state index contributed by atoms with van der Waals surface area (Å²) < 4.78 is 11.2. The lowest BCUT2D eigenvalue weighted by molar-refractivity contribution is 0.0595. The molecule has 4 heteroatoms. The van der Waals surface area contributed by atoms with Crippen LogP contribution >= 0.6 is 0 Å². The highest BCUT2D eigenvalue weighted by Crippen LogP contribution is 2.18. The molecule has 4 nitrogen and oxygen atoms in total. The van der Waals surface area contributed by atoms with E-state index in [1.54, 1.807) is 0 Å². The van der Waals surface area contributed by atoms with Crippen molar-refractivity contribution in [3.8, 4) is 5.75 Å². The van der Waals surface area contributed by atoms with Crippen LogP contribution in [0.2, 0.25) is 0 Å². The van der Waals surface area contributed by atoms with Gasteiger partial charge < -0.3 is 19.7 Å². The van der Waals surface area contributed by atoms with E-state index in [1.165, 1.54) is 12.8 Å². The topological polar surface area (TPSA) is 33.7 Å². The van der Waals surface area contributed by atoms with E-state index in [9.17, 15) is 0 Å². The number of likely N-dealkylation sites (N-methyl/N-ethyl adjacent to an activating group) is 1. The highest BCUT2D eigenvalue weighted by Gasteiger charge is 2.13. The first kappa shape index (κ1) is 15.1. The lowest BCUT2D eigenvalue weighted by Crippen LogP contribution is -2.24. The molecule has 1 aliphatic rings. The second kappa shape index (κ2) is 8.12. The molecule has 1 saturated heterocycles. The zero-order valence-electron chi connectivity index (χ0n) is 12.6. The van der Waals surface area contributed by atoms with Gasteiger partial charge in [-0.05, 0) is 57.1 Å². The Hall–Kier alpha value is -1.26. The van der Waals surface area contributed by atoms with Crippen LogP contribution in [-0.4, -0.2) is 51.9 Å². The van der Waals surface area contributed by atoms with Gasteiger partial charge in [-0.25, -0.2) is 0 Å². The van der Waals surface area contributed by atoms with Crippen LogP contribution in [0.4, 0.5) is 5.69 Å². The molecule has 1 N–H and O–H groups in total. The maximum absolute atomic E-state index is 5.68. The van der Waals surface area contributed by atoms with Crippen molar-refractivity contribution in [1.82, 2.24) is 4.90 Å². The van der Waals surface area contributed by atoms with Crippen LogP contribution < -0.4 is 10.1 Å². The first-order valence-corrected chi connectivity index (χ1v) is 7.43. The Kier molecular flexibility index (Phi) is 6.15. The molecule has 0 aromatic heterocycles. The number of rotatable bonds is 7. The molecule has 1 unspecified atom stereocenters. The first-order chi connectivity index (χ1) is 9.74. The van der Waals surface area contributed by atoms with Gasteiger partial charge in [0.05, 0.1) is 6.61 Å². The van der Waals surface area contributed by atoms with Crippen molar-refractivity contribution in [2.75, 3.05) is 52.3 Å². The van der Waals surface area contributed by atoms with Gasteiger partial charge in [-0.1, -0.05) is 0 Å². The number of nitrogens with zero attached hydrogens (tertiary/aromatic N) is 1. The summed E-state index contributed by atoms with van der Waals surface area (Å²) in [6.07, 6.45) is 2.45. The summed E-state index contributed by atoms with van der Waals surface area (Å²) in [6.45, 7) is 4.45. The molecule has 1 aliphatic heterocycles. The molecule has 0 spiro atoms. The van der Waals surface area contributed by atoms with Crippen molar-refractivity contribution < 1.29 is 9.47 Å². The highest BCUT2D eigenvalue weighted by molar-refractivity contribution is 5.46. The van der Waals surface area contributed by atoms with Crippen LogP contribution in [0.1, 0.15) is 12.8 Å². The number of nitrogens with one attached hydrogen (secondary N) is 1. The first-order valence-electron chi connectivity index (χ1n) is 7.43. The van der Waals surface area contributed by atoms with E-state index in [0.717, 1.165) is 44.3 Å². The molecule has 1 aromatic rings. The Labute approximate surface area is 122 Å². The fourth-order valence-electron chi connectivity index (χ4n) is 2.25. The Morgan fingerprint density at radius 3 is 2.75 bits per heavy atom. The Morgan fingerprint density at radius 1 is 1.30 bits per heavy atom. The highest BCUT2D eigenvalue weighted by atomic mass is 16.5. The molecule has 0 saturated carbocycles. The van der Waals surface area contributed by atoms with Gasteiger partial charge in [0.1, 0.15) is 12.4 Å². The molecule has 0 amide bonds. The average Bonchev–Trinajstić information content (AvgIpc) is 2.47. The van der Waals surface area contributed by atoms with Crippen molar-refractivity contribution in [2.45, 2.75) is 12.8 Å². The standard InChI is InChI=1S/C16H26N2O2/c1-18(2)9-11-20-16-7-5-15(6-8-16)17-12-14-4-3-10-19-13-14/h5-8,14,17H,3-4,9-13H2,1-2H3. The van der Waals surface area contributed by atoms with Gasteiger partial charge in [-0.15, -0.1) is 0 Å². The van der Waals surface area contributed by atoms with Crippen molar-refractivity contribution in [3.05, 3.63) is 24.3 Å². The van der Waals surface area contributed by atoms with Crippen LogP contribution in [0.25, 0.3) is 0 Å². The predicted molar refractivity (Wildman–Crippen MR) is 82.5 cm³/mol. The van der Waals surface area contributed by atoms with Gasteiger partial charge in [-0.2, -0.15) is 0 Å². The van der Waals surface area contributed by atoms with E-state index in [1.807, 2.05) is 26.2 Å². The lowest BCUT2D eigenvalue weighted by Gasteiger charge is -2.22. The maximum Gasteiger partial charge on any atom is 0.119 e. The third-order valence-corrected chi connectivity index (χ3v) is 3.51. The fraction of sp³-hybridized carbons (Fsp3) is 0.625. The smallest absolute Gasteiger partial charge is 0.119 e. The predicted octanol–water partition coefficient (Wildman–Crippen LogP) is 2.47. The van der Waals surface area contributed by atoms with Crippen LogP contribution in [-0.2, 0) is 4.74 Å². The van der Waals surface area contributed by atoms with Crippen LogP contribution in [0.15, 0.2) is 24.3 Å². The lowest BCUT2D eigenvalue weighted by atomic mass is 10.0. The van der Waals surface area contributed by atoms with Gasteiger partial charge in [0.2, 0.25) is 0 Å². The van der Waals surface area contributed by atoms with E-state index in [0.29, 0.717) is 5.92 Å². The van der Waals surface area contributed by atoms with E-state index < -0.39 is 0 Å². The molecular formula is C16H26N2O2. The summed E-state index contributed by atoms with van der Waals surface area (Å²) in [7, 11) is 4.09. The zero-order chi connectivity index (χ0) is 14.2. The maximum atomic E-state index is 5.68. The molecule has 2 rings (SSSR count). The normalized spacial score (nSPS) is 19.1. The Bertz CT molecular complexity index is 373. The Morgan fingerprint density at radius 2 is 2.10 bits per heavy atom. The molecule has 1 heterocycles. The fourth-order valence-corrected chi connectivity index (χ4v) is 2.25.